The molecular weight excluding hydrogens is 316 g/mol. The molecule has 2 amide bonds. The van der Waals surface area contributed by atoms with Gasteiger partial charge in [0, 0.05) is 25.0 Å². The van der Waals surface area contributed by atoms with Crippen LogP contribution >= 0.6 is 0 Å². The van der Waals surface area contributed by atoms with E-state index >= 15 is 0 Å². The van der Waals surface area contributed by atoms with Crippen LogP contribution in [0.1, 0.15) is 49.4 Å². The standard InChI is InChI=1S/C19H26N4O2/c1-3-17(13-15-7-5-4-6-8-15)21-19(24)23-11-9-16(10-12-23)18-20-14(2)22-25-18/h4-8,16-17H,3,9-13H2,1-2H3,(H,21,24). The van der Waals surface area contributed by atoms with Crippen LogP contribution in [-0.2, 0) is 6.42 Å². The van der Waals surface area contributed by atoms with Gasteiger partial charge in [0.2, 0.25) is 5.89 Å². The molecule has 1 fully saturated rings. The maximum absolute atomic E-state index is 12.6. The molecule has 0 spiro atoms. The Hall–Kier alpha value is -2.37. The van der Waals surface area contributed by atoms with Crippen LogP contribution in [0.15, 0.2) is 34.9 Å². The summed E-state index contributed by atoms with van der Waals surface area (Å²) in [4.78, 5) is 18.8. The van der Waals surface area contributed by atoms with Crippen LogP contribution in [0.5, 0.6) is 0 Å². The van der Waals surface area contributed by atoms with Crippen molar-refractivity contribution in [2.75, 3.05) is 13.1 Å². The van der Waals surface area contributed by atoms with Crippen molar-refractivity contribution in [1.29, 1.82) is 0 Å². The lowest BCUT2D eigenvalue weighted by atomic mass is 9.97. The molecule has 0 radical (unpaired) electrons. The van der Waals surface area contributed by atoms with Gasteiger partial charge >= 0.3 is 6.03 Å². The molecule has 1 aliphatic heterocycles. The SMILES string of the molecule is CCC(Cc1ccccc1)NC(=O)N1CCC(c2nc(C)no2)CC1. The summed E-state index contributed by atoms with van der Waals surface area (Å²) >= 11 is 0. The first kappa shape index (κ1) is 17.5. The van der Waals surface area contributed by atoms with Crippen molar-refractivity contribution < 1.29 is 9.32 Å². The Morgan fingerprint density at radius 1 is 1.32 bits per heavy atom. The Bertz CT molecular complexity index is 678. The maximum atomic E-state index is 12.6. The highest BCUT2D eigenvalue weighted by Gasteiger charge is 2.27. The number of carbonyl (C=O) groups is 1. The minimum Gasteiger partial charge on any atom is -0.339 e. The third kappa shape index (κ3) is 4.59. The molecule has 0 saturated carbocycles. The van der Waals surface area contributed by atoms with Crippen LogP contribution in [0.25, 0.3) is 0 Å². The second-order valence-corrected chi connectivity index (χ2v) is 6.69. The van der Waals surface area contributed by atoms with Gasteiger partial charge in [0.25, 0.3) is 0 Å². The van der Waals surface area contributed by atoms with Crippen molar-refractivity contribution in [2.24, 2.45) is 0 Å². The van der Waals surface area contributed by atoms with E-state index in [1.165, 1.54) is 5.56 Å². The van der Waals surface area contributed by atoms with Gasteiger partial charge < -0.3 is 14.7 Å². The van der Waals surface area contributed by atoms with Crippen molar-refractivity contribution in [1.82, 2.24) is 20.4 Å². The van der Waals surface area contributed by atoms with Crippen molar-refractivity contribution in [2.45, 2.75) is 51.5 Å². The maximum Gasteiger partial charge on any atom is 0.317 e. The van der Waals surface area contributed by atoms with E-state index < -0.39 is 0 Å². The lowest BCUT2D eigenvalue weighted by Crippen LogP contribution is -2.48. The number of nitrogens with one attached hydrogen (secondary N) is 1. The third-order valence-corrected chi connectivity index (χ3v) is 4.82. The molecule has 134 valence electrons. The van der Waals surface area contributed by atoms with Crippen LogP contribution < -0.4 is 5.32 Å². The molecule has 0 bridgehead atoms. The van der Waals surface area contributed by atoms with E-state index in [0.29, 0.717) is 11.7 Å². The van der Waals surface area contributed by atoms with Gasteiger partial charge in [-0.15, -0.1) is 0 Å². The van der Waals surface area contributed by atoms with E-state index in [-0.39, 0.29) is 18.0 Å². The second kappa shape index (κ2) is 8.14. The summed E-state index contributed by atoms with van der Waals surface area (Å²) < 4.78 is 5.27. The summed E-state index contributed by atoms with van der Waals surface area (Å²) in [6, 6.07) is 10.5. The Kier molecular flexibility index (Phi) is 5.68. The highest BCUT2D eigenvalue weighted by Crippen LogP contribution is 2.26. The van der Waals surface area contributed by atoms with E-state index in [0.717, 1.165) is 38.8 Å². The highest BCUT2D eigenvalue weighted by atomic mass is 16.5. The summed E-state index contributed by atoms with van der Waals surface area (Å²) in [5, 5.41) is 7.04. The van der Waals surface area contributed by atoms with Gasteiger partial charge in [-0.05, 0) is 38.2 Å². The molecule has 6 heteroatoms. The minimum absolute atomic E-state index is 0.0305. The predicted molar refractivity (Wildman–Crippen MR) is 95.3 cm³/mol. The molecule has 1 saturated heterocycles. The van der Waals surface area contributed by atoms with Gasteiger partial charge in [0.1, 0.15) is 0 Å². The van der Waals surface area contributed by atoms with Gasteiger partial charge in [0.15, 0.2) is 5.82 Å². The minimum atomic E-state index is 0.0305. The molecule has 1 aromatic carbocycles. The van der Waals surface area contributed by atoms with E-state index in [1.807, 2.05) is 30.0 Å². The molecule has 25 heavy (non-hydrogen) atoms. The zero-order chi connectivity index (χ0) is 17.6. The number of likely N-dealkylation sites (tertiary alicyclic amines) is 1. The zero-order valence-electron chi connectivity index (χ0n) is 14.9. The monoisotopic (exact) mass is 342 g/mol. The summed E-state index contributed by atoms with van der Waals surface area (Å²) in [5.41, 5.74) is 1.25. The van der Waals surface area contributed by atoms with E-state index in [2.05, 4.69) is 34.5 Å². The second-order valence-electron chi connectivity index (χ2n) is 6.69. The normalized spacial score (nSPS) is 16.6. The first-order valence-corrected chi connectivity index (χ1v) is 9.05. The van der Waals surface area contributed by atoms with Gasteiger partial charge in [-0.1, -0.05) is 42.4 Å². The van der Waals surface area contributed by atoms with Crippen LogP contribution in [0.2, 0.25) is 0 Å². The van der Waals surface area contributed by atoms with Crippen molar-refractivity contribution in [3.8, 4) is 0 Å². The van der Waals surface area contributed by atoms with Crippen molar-refractivity contribution >= 4 is 6.03 Å². The first-order valence-electron chi connectivity index (χ1n) is 9.05. The summed E-state index contributed by atoms with van der Waals surface area (Å²) in [6.45, 7) is 5.38. The Labute approximate surface area is 148 Å². The molecule has 0 aliphatic carbocycles. The fraction of sp³-hybridized carbons (Fsp3) is 0.526. The number of rotatable bonds is 5. The number of benzene rings is 1. The van der Waals surface area contributed by atoms with Crippen molar-refractivity contribution in [3.63, 3.8) is 0 Å². The number of amides is 2. The number of carbonyl (C=O) groups excluding carboxylic acids is 1. The van der Waals surface area contributed by atoms with E-state index in [4.69, 9.17) is 4.52 Å². The first-order chi connectivity index (χ1) is 12.2. The Morgan fingerprint density at radius 2 is 2.04 bits per heavy atom. The fourth-order valence-electron chi connectivity index (χ4n) is 3.27. The fourth-order valence-corrected chi connectivity index (χ4v) is 3.27. The Morgan fingerprint density at radius 3 is 2.64 bits per heavy atom. The van der Waals surface area contributed by atoms with Crippen LogP contribution in [0.3, 0.4) is 0 Å². The molecule has 1 N–H and O–H groups in total. The zero-order valence-corrected chi connectivity index (χ0v) is 14.9. The average molecular weight is 342 g/mol. The molecule has 1 atom stereocenters. The summed E-state index contributed by atoms with van der Waals surface area (Å²) in [7, 11) is 0. The lowest BCUT2D eigenvalue weighted by molar-refractivity contribution is 0.171. The number of aryl methyl sites for hydroxylation is 1. The van der Waals surface area contributed by atoms with Gasteiger partial charge in [-0.2, -0.15) is 4.98 Å². The molecule has 1 unspecified atom stereocenters. The summed E-state index contributed by atoms with van der Waals surface area (Å²) in [5.74, 6) is 1.63. The molecule has 1 aromatic heterocycles. The average Bonchev–Trinajstić information content (AvgIpc) is 3.08. The summed E-state index contributed by atoms with van der Waals surface area (Å²) in [6.07, 6.45) is 3.51. The van der Waals surface area contributed by atoms with Crippen molar-refractivity contribution in [3.05, 3.63) is 47.6 Å². The predicted octanol–water partition coefficient (Wildman–Crippen LogP) is 3.29. The molecule has 3 rings (SSSR count). The Balaban J connectivity index is 1.50. The largest absolute Gasteiger partial charge is 0.339 e. The number of hydrogen-bond donors (Lipinski definition) is 1. The number of aromatic nitrogens is 2. The number of hydrogen-bond acceptors (Lipinski definition) is 4. The quantitative estimate of drug-likeness (QED) is 0.905. The van der Waals surface area contributed by atoms with Crippen LogP contribution in [-0.4, -0.2) is 40.2 Å². The molecule has 1 aliphatic rings. The lowest BCUT2D eigenvalue weighted by Gasteiger charge is -2.32. The number of nitrogens with zero attached hydrogens (tertiary/aromatic N) is 3. The van der Waals surface area contributed by atoms with Crippen LogP contribution in [0.4, 0.5) is 4.79 Å². The van der Waals surface area contributed by atoms with Gasteiger partial charge in [-0.3, -0.25) is 0 Å². The molecule has 2 heterocycles. The number of urea groups is 1. The third-order valence-electron chi connectivity index (χ3n) is 4.82. The van der Waals surface area contributed by atoms with E-state index in [9.17, 15) is 4.79 Å². The number of piperidine rings is 1. The van der Waals surface area contributed by atoms with Gasteiger partial charge in [-0.25, -0.2) is 4.79 Å². The molecular formula is C19H26N4O2. The topological polar surface area (TPSA) is 71.3 Å². The van der Waals surface area contributed by atoms with E-state index in [1.54, 1.807) is 0 Å². The van der Waals surface area contributed by atoms with Gasteiger partial charge in [0.05, 0.1) is 0 Å². The van der Waals surface area contributed by atoms with Crippen LogP contribution in [0, 0.1) is 6.92 Å². The molecule has 6 nitrogen and oxygen atoms in total. The molecule has 2 aromatic rings. The smallest absolute Gasteiger partial charge is 0.317 e. The highest BCUT2D eigenvalue weighted by molar-refractivity contribution is 5.74.